The summed E-state index contributed by atoms with van der Waals surface area (Å²) in [6.45, 7) is 1.27. The van der Waals surface area contributed by atoms with Gasteiger partial charge in [0.25, 0.3) is 0 Å². The fraction of sp³-hybridized carbons (Fsp3) is 0.286. The van der Waals surface area contributed by atoms with Crippen LogP contribution in [0.1, 0.15) is 17.1 Å². The van der Waals surface area contributed by atoms with E-state index in [1.807, 2.05) is 0 Å². The Morgan fingerprint density at radius 1 is 1.36 bits per heavy atom. The number of nitriles is 1. The molecule has 0 saturated carbocycles. The zero-order valence-corrected chi connectivity index (χ0v) is 7.61. The van der Waals surface area contributed by atoms with E-state index in [1.54, 1.807) is 6.07 Å². The Labute approximate surface area is 82.2 Å². The van der Waals surface area contributed by atoms with Crippen LogP contribution in [0.4, 0.5) is 13.2 Å². The quantitative estimate of drug-likeness (QED) is 0.632. The van der Waals surface area contributed by atoms with Crippen LogP contribution in [0.3, 0.4) is 0 Å². The number of hydrogen-bond acceptors (Lipinski definition) is 3. The van der Waals surface area contributed by atoms with Gasteiger partial charge < -0.3 is 0 Å². The van der Waals surface area contributed by atoms with Gasteiger partial charge in [0.15, 0.2) is 5.15 Å². The Kier molecular flexibility index (Phi) is 2.62. The molecule has 0 radical (unpaired) electrons. The summed E-state index contributed by atoms with van der Waals surface area (Å²) in [5, 5.41) is 8.02. The number of halogens is 4. The van der Waals surface area contributed by atoms with E-state index < -0.39 is 17.2 Å². The molecule has 0 aliphatic carbocycles. The van der Waals surface area contributed by atoms with Crippen LogP contribution in [0.2, 0.25) is 5.15 Å². The predicted molar refractivity (Wildman–Crippen MR) is 41.5 cm³/mol. The van der Waals surface area contributed by atoms with Crippen LogP contribution in [-0.4, -0.2) is 9.97 Å². The first kappa shape index (κ1) is 10.7. The van der Waals surface area contributed by atoms with Gasteiger partial charge in [0.05, 0.1) is 5.69 Å². The van der Waals surface area contributed by atoms with Gasteiger partial charge in [-0.25, -0.2) is 9.97 Å². The van der Waals surface area contributed by atoms with Crippen LogP contribution >= 0.6 is 11.6 Å². The molecule has 0 aliphatic rings. The summed E-state index contributed by atoms with van der Waals surface area (Å²) in [5.41, 5.74) is -0.223. The minimum Gasteiger partial charge on any atom is -0.228 e. The molecule has 0 unspecified atom stereocenters. The highest BCUT2D eigenvalue weighted by Crippen LogP contribution is 2.28. The summed E-state index contributed by atoms with van der Waals surface area (Å²) in [5.74, 6) is -1.33. The molecule has 0 bridgehead atoms. The third kappa shape index (κ3) is 1.93. The Bertz CT molecular complexity index is 385. The zero-order chi connectivity index (χ0) is 10.9. The molecule has 7 heteroatoms. The second-order valence-corrected chi connectivity index (χ2v) is 2.77. The lowest BCUT2D eigenvalue weighted by Crippen LogP contribution is -2.13. The number of rotatable bonds is 0. The van der Waals surface area contributed by atoms with Crippen molar-refractivity contribution in [3.05, 3.63) is 22.2 Å². The standard InChI is InChI=1S/C7H3ClF3N3/c1-3-4(2-12)5(8)14-6(13-3)7(9,10)11/h1H3. The van der Waals surface area contributed by atoms with E-state index in [1.165, 1.54) is 6.92 Å². The second-order valence-electron chi connectivity index (χ2n) is 2.41. The van der Waals surface area contributed by atoms with Crippen LogP contribution in [0.25, 0.3) is 0 Å². The maximum atomic E-state index is 12.1. The highest BCUT2D eigenvalue weighted by Gasteiger charge is 2.35. The molecule has 0 spiro atoms. The maximum Gasteiger partial charge on any atom is 0.451 e. The van der Waals surface area contributed by atoms with Gasteiger partial charge in [-0.15, -0.1) is 0 Å². The molecule has 74 valence electrons. The molecule has 1 rings (SSSR count). The normalized spacial score (nSPS) is 11.1. The molecule has 0 aromatic carbocycles. The number of aromatic nitrogens is 2. The van der Waals surface area contributed by atoms with E-state index in [0.717, 1.165) is 0 Å². The third-order valence-corrected chi connectivity index (χ3v) is 1.68. The molecule has 0 saturated heterocycles. The largest absolute Gasteiger partial charge is 0.451 e. The van der Waals surface area contributed by atoms with Crippen molar-refractivity contribution in [2.75, 3.05) is 0 Å². The molecule has 14 heavy (non-hydrogen) atoms. The summed E-state index contributed by atoms with van der Waals surface area (Å²) >= 11 is 5.37. The van der Waals surface area contributed by atoms with Crippen LogP contribution in [0.15, 0.2) is 0 Å². The minimum absolute atomic E-state index is 0.0835. The molecule has 3 nitrogen and oxygen atoms in total. The third-order valence-electron chi connectivity index (χ3n) is 1.41. The molecular formula is C7H3ClF3N3. The highest BCUT2D eigenvalue weighted by molar-refractivity contribution is 6.30. The molecule has 1 aromatic rings. The first-order valence-electron chi connectivity index (χ1n) is 3.37. The summed E-state index contributed by atoms with van der Waals surface area (Å²) in [6.07, 6.45) is -4.65. The van der Waals surface area contributed by atoms with Gasteiger partial charge in [0.1, 0.15) is 11.6 Å². The fourth-order valence-corrected chi connectivity index (χ4v) is 1.05. The van der Waals surface area contributed by atoms with E-state index in [-0.39, 0.29) is 11.3 Å². The van der Waals surface area contributed by atoms with Gasteiger partial charge in [-0.2, -0.15) is 18.4 Å². The van der Waals surface area contributed by atoms with Crippen molar-refractivity contribution in [1.82, 2.24) is 9.97 Å². The molecular weight excluding hydrogens is 219 g/mol. The van der Waals surface area contributed by atoms with Crippen LogP contribution in [0.5, 0.6) is 0 Å². The number of nitrogens with zero attached hydrogens (tertiary/aromatic N) is 3. The molecule has 0 fully saturated rings. The van der Waals surface area contributed by atoms with Crippen LogP contribution < -0.4 is 0 Å². The Hall–Kier alpha value is -1.35. The number of hydrogen-bond donors (Lipinski definition) is 0. The highest BCUT2D eigenvalue weighted by atomic mass is 35.5. The van der Waals surface area contributed by atoms with Crippen molar-refractivity contribution in [3.8, 4) is 6.07 Å². The number of aryl methyl sites for hydroxylation is 1. The van der Waals surface area contributed by atoms with Gasteiger partial charge in [-0.05, 0) is 6.92 Å². The summed E-state index contributed by atoms with van der Waals surface area (Å²) in [4.78, 5) is 6.12. The summed E-state index contributed by atoms with van der Waals surface area (Å²) < 4.78 is 36.4. The first-order chi connectivity index (χ1) is 6.36. The molecule has 1 aromatic heterocycles. The molecule has 0 amide bonds. The Morgan fingerprint density at radius 3 is 2.29 bits per heavy atom. The lowest BCUT2D eigenvalue weighted by atomic mass is 10.2. The molecule has 0 aliphatic heterocycles. The number of alkyl halides is 3. The fourth-order valence-electron chi connectivity index (χ4n) is 0.792. The van der Waals surface area contributed by atoms with Crippen molar-refractivity contribution in [2.24, 2.45) is 0 Å². The van der Waals surface area contributed by atoms with Crippen molar-refractivity contribution < 1.29 is 13.2 Å². The van der Waals surface area contributed by atoms with Crippen LogP contribution in [0, 0.1) is 18.3 Å². The van der Waals surface area contributed by atoms with E-state index in [0.29, 0.717) is 0 Å². The second kappa shape index (κ2) is 3.42. The maximum absolute atomic E-state index is 12.1. The van der Waals surface area contributed by atoms with Gasteiger partial charge in [-0.1, -0.05) is 11.6 Å². The van der Waals surface area contributed by atoms with Gasteiger partial charge in [0, 0.05) is 0 Å². The van der Waals surface area contributed by atoms with Crippen LogP contribution in [-0.2, 0) is 6.18 Å². The average Bonchev–Trinajstić information content (AvgIpc) is 2.01. The Morgan fingerprint density at radius 2 is 1.93 bits per heavy atom. The molecule has 1 heterocycles. The van der Waals surface area contributed by atoms with E-state index in [4.69, 9.17) is 16.9 Å². The SMILES string of the molecule is Cc1nc(C(F)(F)F)nc(Cl)c1C#N. The van der Waals surface area contributed by atoms with E-state index in [9.17, 15) is 13.2 Å². The van der Waals surface area contributed by atoms with Gasteiger partial charge in [0.2, 0.25) is 5.82 Å². The predicted octanol–water partition coefficient (Wildman–Crippen LogP) is 2.33. The van der Waals surface area contributed by atoms with Gasteiger partial charge >= 0.3 is 6.18 Å². The van der Waals surface area contributed by atoms with E-state index >= 15 is 0 Å². The van der Waals surface area contributed by atoms with Crippen molar-refractivity contribution in [3.63, 3.8) is 0 Å². The molecule has 0 atom stereocenters. The van der Waals surface area contributed by atoms with Crippen molar-refractivity contribution in [2.45, 2.75) is 13.1 Å². The first-order valence-corrected chi connectivity index (χ1v) is 3.75. The van der Waals surface area contributed by atoms with E-state index in [2.05, 4.69) is 9.97 Å². The van der Waals surface area contributed by atoms with Crippen molar-refractivity contribution >= 4 is 11.6 Å². The topological polar surface area (TPSA) is 49.6 Å². The lowest BCUT2D eigenvalue weighted by Gasteiger charge is -2.06. The average molecular weight is 222 g/mol. The van der Waals surface area contributed by atoms with Crippen molar-refractivity contribution in [1.29, 1.82) is 5.26 Å². The molecule has 0 N–H and O–H groups in total. The summed E-state index contributed by atoms with van der Waals surface area (Å²) in [7, 11) is 0. The minimum atomic E-state index is -4.65. The Balaban J connectivity index is 3.37. The lowest BCUT2D eigenvalue weighted by molar-refractivity contribution is -0.145. The monoisotopic (exact) mass is 221 g/mol. The zero-order valence-electron chi connectivity index (χ0n) is 6.85. The van der Waals surface area contributed by atoms with Gasteiger partial charge in [-0.3, -0.25) is 0 Å². The smallest absolute Gasteiger partial charge is 0.228 e. The summed E-state index contributed by atoms with van der Waals surface area (Å²) in [6, 6.07) is 1.62.